The van der Waals surface area contributed by atoms with Gasteiger partial charge in [-0.05, 0) is 31.0 Å². The summed E-state index contributed by atoms with van der Waals surface area (Å²) < 4.78 is 16.7. The molecule has 0 radical (unpaired) electrons. The molecular weight excluding hydrogens is 393 g/mol. The Kier molecular flexibility index (Phi) is 7.91. The van der Waals surface area contributed by atoms with Gasteiger partial charge in [0.1, 0.15) is 18.2 Å². The topological polar surface area (TPSA) is 87.9 Å². The van der Waals surface area contributed by atoms with Gasteiger partial charge in [0, 0.05) is 16.0 Å². The zero-order valence-corrected chi connectivity index (χ0v) is 17.1. The summed E-state index contributed by atoms with van der Waals surface area (Å²) in [4.78, 5) is 24.3. The van der Waals surface area contributed by atoms with Crippen molar-refractivity contribution >= 4 is 35.1 Å². The maximum Gasteiger partial charge on any atom is 0.325 e. The van der Waals surface area contributed by atoms with E-state index in [4.69, 9.17) is 43.1 Å². The Morgan fingerprint density at radius 1 is 1.33 bits per heavy atom. The maximum absolute atomic E-state index is 12.2. The number of halogens is 2. The van der Waals surface area contributed by atoms with Gasteiger partial charge in [-0.15, -0.1) is 0 Å². The van der Waals surface area contributed by atoms with E-state index in [1.807, 2.05) is 6.07 Å². The molecule has 1 aromatic rings. The molecule has 150 valence electrons. The Morgan fingerprint density at radius 2 is 2.04 bits per heavy atom. The quantitative estimate of drug-likeness (QED) is 0.757. The number of nitrogens with two attached hydrogens (primary N) is 1. The lowest BCUT2D eigenvalue weighted by molar-refractivity contribution is -0.173. The summed E-state index contributed by atoms with van der Waals surface area (Å²) in [5.74, 6) is -1.56. The molecule has 6 nitrogen and oxygen atoms in total. The molecule has 1 heterocycles. The molecule has 0 aromatic heterocycles. The van der Waals surface area contributed by atoms with E-state index in [1.54, 1.807) is 32.9 Å². The fourth-order valence-corrected chi connectivity index (χ4v) is 3.32. The van der Waals surface area contributed by atoms with E-state index in [2.05, 4.69) is 0 Å². The molecule has 1 fully saturated rings. The first-order valence-corrected chi connectivity index (χ1v) is 9.62. The zero-order chi connectivity index (χ0) is 20.1. The minimum Gasteiger partial charge on any atom is -0.458 e. The fourth-order valence-electron chi connectivity index (χ4n) is 2.84. The maximum atomic E-state index is 12.2. The Morgan fingerprint density at radius 3 is 2.67 bits per heavy atom. The summed E-state index contributed by atoms with van der Waals surface area (Å²) in [6, 6.07) is 4.34. The molecule has 4 unspecified atom stereocenters. The van der Waals surface area contributed by atoms with E-state index < -0.39 is 24.2 Å². The number of ether oxygens (including phenoxy) is 3. The molecule has 1 aliphatic heterocycles. The van der Waals surface area contributed by atoms with Crippen molar-refractivity contribution in [3.8, 4) is 0 Å². The highest BCUT2D eigenvalue weighted by atomic mass is 35.5. The van der Waals surface area contributed by atoms with Gasteiger partial charge in [-0.25, -0.2) is 0 Å². The predicted molar refractivity (Wildman–Crippen MR) is 103 cm³/mol. The molecule has 0 spiro atoms. The lowest BCUT2D eigenvalue weighted by Crippen LogP contribution is -2.43. The average molecular weight is 418 g/mol. The van der Waals surface area contributed by atoms with Gasteiger partial charge in [-0.1, -0.05) is 43.1 Å². The number of carbonyl (C=O) groups is 2. The van der Waals surface area contributed by atoms with Gasteiger partial charge < -0.3 is 19.9 Å². The number of hydrogen-bond donors (Lipinski definition) is 1. The number of esters is 2. The van der Waals surface area contributed by atoms with Crippen molar-refractivity contribution in [2.45, 2.75) is 45.4 Å². The number of hydrogen-bond acceptors (Lipinski definition) is 6. The monoisotopic (exact) mass is 417 g/mol. The smallest absolute Gasteiger partial charge is 0.325 e. The van der Waals surface area contributed by atoms with E-state index in [9.17, 15) is 9.59 Å². The minimum absolute atomic E-state index is 0.0290. The van der Waals surface area contributed by atoms with Gasteiger partial charge in [0.15, 0.2) is 0 Å². The third-order valence-corrected chi connectivity index (χ3v) is 4.97. The molecule has 2 N–H and O–H groups in total. The highest BCUT2D eigenvalue weighted by molar-refractivity contribution is 6.35. The van der Waals surface area contributed by atoms with Gasteiger partial charge in [0.2, 0.25) is 0 Å². The van der Waals surface area contributed by atoms with Crippen LogP contribution in [0.4, 0.5) is 0 Å². The molecule has 1 saturated heterocycles. The Labute approximate surface area is 169 Å². The van der Waals surface area contributed by atoms with Crippen LogP contribution in [0.2, 0.25) is 10.0 Å². The fraction of sp³-hybridized carbons (Fsp3) is 0.579. The first-order chi connectivity index (χ1) is 12.7. The van der Waals surface area contributed by atoms with Crippen molar-refractivity contribution in [3.05, 3.63) is 33.8 Å². The third kappa shape index (κ3) is 6.07. The van der Waals surface area contributed by atoms with Gasteiger partial charge in [-0.2, -0.15) is 0 Å². The first-order valence-electron chi connectivity index (χ1n) is 8.87. The molecule has 2 rings (SSSR count). The number of benzene rings is 1. The Balaban J connectivity index is 2.30. The molecule has 0 bridgehead atoms. The van der Waals surface area contributed by atoms with E-state index in [1.165, 1.54) is 0 Å². The second-order valence-electron chi connectivity index (χ2n) is 7.04. The van der Waals surface area contributed by atoms with Crippen LogP contribution in [-0.2, 0) is 30.2 Å². The van der Waals surface area contributed by atoms with Crippen molar-refractivity contribution in [2.75, 3.05) is 13.2 Å². The highest BCUT2D eigenvalue weighted by Gasteiger charge is 2.36. The standard InChI is InChI=1S/C19H25Cl2NO5/c1-10(2)18(23)27-17-11(3)26-19(24)16(22)9-25-8-13(17)6-12-4-5-14(20)7-15(12)21/h4-5,7,10-11,13,16-17H,6,8-9,22H2,1-3H3. The van der Waals surface area contributed by atoms with Crippen molar-refractivity contribution in [1.82, 2.24) is 0 Å². The van der Waals surface area contributed by atoms with Crippen molar-refractivity contribution in [1.29, 1.82) is 0 Å². The summed E-state index contributed by atoms with van der Waals surface area (Å²) in [6.45, 7) is 5.44. The van der Waals surface area contributed by atoms with E-state index in [-0.39, 0.29) is 31.0 Å². The highest BCUT2D eigenvalue weighted by Crippen LogP contribution is 2.28. The predicted octanol–water partition coefficient (Wildman–Crippen LogP) is 3.01. The van der Waals surface area contributed by atoms with Crippen LogP contribution in [0, 0.1) is 11.8 Å². The van der Waals surface area contributed by atoms with Crippen LogP contribution in [0.3, 0.4) is 0 Å². The van der Waals surface area contributed by atoms with Gasteiger partial charge in [-0.3, -0.25) is 9.59 Å². The lowest BCUT2D eigenvalue weighted by Gasteiger charge is -2.31. The van der Waals surface area contributed by atoms with Crippen LogP contribution in [-0.4, -0.2) is 43.4 Å². The van der Waals surface area contributed by atoms with Crippen LogP contribution >= 0.6 is 23.2 Å². The number of rotatable bonds is 4. The van der Waals surface area contributed by atoms with Crippen molar-refractivity contribution in [2.24, 2.45) is 17.6 Å². The molecule has 1 aliphatic rings. The number of cyclic esters (lactones) is 1. The second kappa shape index (κ2) is 9.73. The summed E-state index contributed by atoms with van der Waals surface area (Å²) in [7, 11) is 0. The van der Waals surface area contributed by atoms with Crippen LogP contribution in [0.5, 0.6) is 0 Å². The Hall–Kier alpha value is -1.34. The first kappa shape index (κ1) is 22.0. The van der Waals surface area contributed by atoms with E-state index >= 15 is 0 Å². The van der Waals surface area contributed by atoms with Crippen LogP contribution in [0.15, 0.2) is 18.2 Å². The largest absolute Gasteiger partial charge is 0.458 e. The van der Waals surface area contributed by atoms with Gasteiger partial charge in [0.25, 0.3) is 0 Å². The van der Waals surface area contributed by atoms with Gasteiger partial charge in [0.05, 0.1) is 19.1 Å². The molecule has 0 amide bonds. The molecule has 27 heavy (non-hydrogen) atoms. The van der Waals surface area contributed by atoms with Crippen molar-refractivity contribution in [3.63, 3.8) is 0 Å². The van der Waals surface area contributed by atoms with E-state index in [0.717, 1.165) is 5.56 Å². The average Bonchev–Trinajstić information content (AvgIpc) is 2.63. The van der Waals surface area contributed by atoms with Crippen LogP contribution < -0.4 is 5.73 Å². The molecule has 4 atom stereocenters. The zero-order valence-electron chi connectivity index (χ0n) is 15.6. The molecule has 1 aromatic carbocycles. The number of carbonyl (C=O) groups excluding carboxylic acids is 2. The molecule has 0 saturated carbocycles. The molecule has 8 heteroatoms. The summed E-state index contributed by atoms with van der Waals surface area (Å²) in [5, 5.41) is 1.04. The second-order valence-corrected chi connectivity index (χ2v) is 7.89. The van der Waals surface area contributed by atoms with Crippen molar-refractivity contribution < 1.29 is 23.8 Å². The SMILES string of the molecule is CC(C)C(=O)OC1C(Cc2ccc(Cl)cc2Cl)COCC(N)C(=O)OC1C. The minimum atomic E-state index is -0.883. The summed E-state index contributed by atoms with van der Waals surface area (Å²) in [5.41, 5.74) is 6.61. The van der Waals surface area contributed by atoms with Crippen LogP contribution in [0.1, 0.15) is 26.3 Å². The summed E-state index contributed by atoms with van der Waals surface area (Å²) >= 11 is 12.3. The van der Waals surface area contributed by atoms with E-state index in [0.29, 0.717) is 16.5 Å². The molecular formula is C19H25Cl2NO5. The lowest BCUT2D eigenvalue weighted by atomic mass is 9.91. The normalized spacial score (nSPS) is 26.7. The van der Waals surface area contributed by atoms with Crippen LogP contribution in [0.25, 0.3) is 0 Å². The van der Waals surface area contributed by atoms with Gasteiger partial charge >= 0.3 is 11.9 Å². The third-order valence-electron chi connectivity index (χ3n) is 4.38. The molecule has 0 aliphatic carbocycles. The Bertz CT molecular complexity index is 682. The summed E-state index contributed by atoms with van der Waals surface area (Å²) in [6.07, 6.45) is -0.909.